The van der Waals surface area contributed by atoms with Crippen LogP contribution in [0.1, 0.15) is 57.9 Å². The van der Waals surface area contributed by atoms with E-state index < -0.39 is 15.9 Å². The minimum atomic E-state index is -3.21. The Hall–Kier alpha value is -0.910. The van der Waals surface area contributed by atoms with Crippen LogP contribution in [0.25, 0.3) is 0 Å². The zero-order valence-corrected chi connectivity index (χ0v) is 14.6. The first kappa shape index (κ1) is 19.1. The minimum absolute atomic E-state index is 0.0645. The summed E-state index contributed by atoms with van der Waals surface area (Å²) in [7, 11) is -3.21. The molecule has 0 radical (unpaired) electrons. The van der Waals surface area contributed by atoms with Crippen molar-refractivity contribution in [1.29, 1.82) is 0 Å². The molecule has 3 unspecified atom stereocenters. The van der Waals surface area contributed by atoms with Gasteiger partial charge < -0.3 is 10.8 Å². The van der Waals surface area contributed by atoms with Gasteiger partial charge in [-0.3, -0.25) is 0 Å². The van der Waals surface area contributed by atoms with Crippen LogP contribution in [0.5, 0.6) is 0 Å². The smallest absolute Gasteiger partial charge is 0.178 e. The maximum atomic E-state index is 12.2. The van der Waals surface area contributed by atoms with Crippen LogP contribution in [0, 0.1) is 0 Å². The molecule has 0 amide bonds. The Morgan fingerprint density at radius 1 is 1.23 bits per heavy atom. The Morgan fingerprint density at radius 2 is 1.91 bits per heavy atom. The van der Waals surface area contributed by atoms with Gasteiger partial charge in [0.25, 0.3) is 0 Å². The molecule has 0 heterocycles. The number of hydrogen-bond donors (Lipinski definition) is 2. The van der Waals surface area contributed by atoms with Crippen LogP contribution >= 0.6 is 0 Å². The summed E-state index contributed by atoms with van der Waals surface area (Å²) in [6.07, 6.45) is 2.31. The lowest BCUT2D eigenvalue weighted by atomic mass is 9.91. The Kier molecular flexibility index (Phi) is 7.53. The summed E-state index contributed by atoms with van der Waals surface area (Å²) in [6, 6.07) is 6.83. The molecular weight excluding hydrogens is 298 g/mol. The highest BCUT2D eigenvalue weighted by Gasteiger charge is 2.20. The minimum Gasteiger partial charge on any atom is -0.391 e. The van der Waals surface area contributed by atoms with Crippen LogP contribution < -0.4 is 5.73 Å². The van der Waals surface area contributed by atoms with Gasteiger partial charge in [-0.15, -0.1) is 0 Å². The van der Waals surface area contributed by atoms with Gasteiger partial charge in [0.1, 0.15) is 0 Å². The average molecular weight is 327 g/mol. The van der Waals surface area contributed by atoms with Gasteiger partial charge in [-0.1, -0.05) is 39.3 Å². The maximum absolute atomic E-state index is 12.2. The molecule has 0 fully saturated rings. The number of benzene rings is 1. The van der Waals surface area contributed by atoms with Gasteiger partial charge in [0.05, 0.1) is 16.8 Å². The lowest BCUT2D eigenvalue weighted by Crippen LogP contribution is -2.35. The molecule has 0 saturated heterocycles. The van der Waals surface area contributed by atoms with Gasteiger partial charge in [-0.25, -0.2) is 8.42 Å². The van der Waals surface area contributed by atoms with Crippen molar-refractivity contribution in [3.8, 4) is 0 Å². The largest absolute Gasteiger partial charge is 0.391 e. The number of rotatable bonds is 9. The fraction of sp³-hybridized carbons (Fsp3) is 0.647. The third kappa shape index (κ3) is 5.38. The first-order valence-corrected chi connectivity index (χ1v) is 9.73. The van der Waals surface area contributed by atoms with Crippen molar-refractivity contribution in [3.05, 3.63) is 29.8 Å². The first-order chi connectivity index (χ1) is 10.3. The molecule has 0 bridgehead atoms. The summed E-state index contributed by atoms with van der Waals surface area (Å²) in [5, 5.41) is 10.2. The molecule has 0 aromatic heterocycles. The summed E-state index contributed by atoms with van der Waals surface area (Å²) in [5.41, 5.74) is 6.88. The molecule has 4 nitrogen and oxygen atoms in total. The Bertz CT molecular complexity index is 557. The maximum Gasteiger partial charge on any atom is 0.178 e. The quantitative estimate of drug-likeness (QED) is 0.731. The molecule has 0 aliphatic heterocycles. The second-order valence-electron chi connectivity index (χ2n) is 6.05. The average Bonchev–Trinajstić information content (AvgIpc) is 2.47. The van der Waals surface area contributed by atoms with Crippen LogP contribution in [0.2, 0.25) is 0 Å². The van der Waals surface area contributed by atoms with E-state index in [1.807, 2.05) is 26.8 Å². The molecule has 3 atom stereocenters. The molecule has 0 spiro atoms. The van der Waals surface area contributed by atoms with Crippen molar-refractivity contribution in [2.45, 2.75) is 69.4 Å². The molecule has 22 heavy (non-hydrogen) atoms. The van der Waals surface area contributed by atoms with Gasteiger partial charge in [0.2, 0.25) is 0 Å². The highest BCUT2D eigenvalue weighted by atomic mass is 32.2. The van der Waals surface area contributed by atoms with E-state index in [0.29, 0.717) is 17.7 Å². The summed E-state index contributed by atoms with van der Waals surface area (Å²) in [4.78, 5) is 0.367. The summed E-state index contributed by atoms with van der Waals surface area (Å²) >= 11 is 0. The summed E-state index contributed by atoms with van der Waals surface area (Å²) in [6.45, 7) is 5.89. The highest BCUT2D eigenvalue weighted by Crippen LogP contribution is 2.25. The Morgan fingerprint density at radius 3 is 2.50 bits per heavy atom. The predicted molar refractivity (Wildman–Crippen MR) is 90.7 cm³/mol. The Labute approximate surface area is 134 Å². The van der Waals surface area contributed by atoms with Crippen molar-refractivity contribution in [2.24, 2.45) is 5.73 Å². The Balaban J connectivity index is 2.85. The van der Waals surface area contributed by atoms with Crippen molar-refractivity contribution < 1.29 is 13.5 Å². The topological polar surface area (TPSA) is 80.4 Å². The zero-order chi connectivity index (χ0) is 16.8. The van der Waals surface area contributed by atoms with Crippen molar-refractivity contribution >= 4 is 9.84 Å². The van der Waals surface area contributed by atoms with E-state index in [4.69, 9.17) is 5.73 Å². The normalized spacial score (nSPS) is 16.2. The van der Waals surface area contributed by atoms with Crippen LogP contribution in [-0.4, -0.2) is 31.4 Å². The van der Waals surface area contributed by atoms with Crippen molar-refractivity contribution in [2.75, 3.05) is 5.75 Å². The molecule has 1 aromatic carbocycles. The van der Waals surface area contributed by atoms with E-state index >= 15 is 0 Å². The molecule has 0 aliphatic carbocycles. The van der Waals surface area contributed by atoms with E-state index in [1.54, 1.807) is 18.2 Å². The van der Waals surface area contributed by atoms with Gasteiger partial charge >= 0.3 is 0 Å². The lowest BCUT2D eigenvalue weighted by Gasteiger charge is -2.22. The number of nitrogens with two attached hydrogens (primary N) is 1. The number of aliphatic hydroxyl groups excluding tert-OH is 1. The standard InChI is InChI=1S/C17H29NO3S/c1-4-7-16(18)17(19)11-13(3)14-8-6-9-15(12-14)22(20,21)10-5-2/h6,8-9,12-13,16-17,19H,4-5,7,10-11,18H2,1-3H3. The molecule has 0 aliphatic rings. The van der Waals surface area contributed by atoms with Crippen molar-refractivity contribution in [3.63, 3.8) is 0 Å². The SMILES string of the molecule is CCCC(N)C(O)CC(C)c1cccc(S(=O)(=O)CCC)c1. The fourth-order valence-corrected chi connectivity index (χ4v) is 3.97. The zero-order valence-electron chi connectivity index (χ0n) is 13.8. The molecule has 126 valence electrons. The van der Waals surface area contributed by atoms with Crippen LogP contribution in [0.4, 0.5) is 0 Å². The summed E-state index contributed by atoms with van der Waals surface area (Å²) < 4.78 is 24.3. The van der Waals surface area contributed by atoms with Gasteiger partial charge in [-0.05, 0) is 42.9 Å². The van der Waals surface area contributed by atoms with Crippen LogP contribution in [-0.2, 0) is 9.84 Å². The molecule has 3 N–H and O–H groups in total. The van der Waals surface area contributed by atoms with Crippen LogP contribution in [0.15, 0.2) is 29.2 Å². The second-order valence-corrected chi connectivity index (χ2v) is 8.16. The van der Waals surface area contributed by atoms with E-state index in [9.17, 15) is 13.5 Å². The predicted octanol–water partition coefficient (Wildman–Crippen LogP) is 2.85. The third-order valence-electron chi connectivity index (χ3n) is 3.97. The highest BCUT2D eigenvalue weighted by molar-refractivity contribution is 7.91. The van der Waals surface area contributed by atoms with Gasteiger partial charge in [0, 0.05) is 6.04 Å². The van der Waals surface area contributed by atoms with E-state index in [-0.39, 0.29) is 17.7 Å². The second kappa shape index (κ2) is 8.65. The summed E-state index contributed by atoms with van der Waals surface area (Å²) in [5.74, 6) is 0.226. The van der Waals surface area contributed by atoms with Crippen LogP contribution in [0.3, 0.4) is 0 Å². The van der Waals surface area contributed by atoms with E-state index in [2.05, 4.69) is 0 Å². The van der Waals surface area contributed by atoms with Gasteiger partial charge in [-0.2, -0.15) is 0 Å². The lowest BCUT2D eigenvalue weighted by molar-refractivity contribution is 0.124. The monoisotopic (exact) mass is 327 g/mol. The molecule has 1 rings (SSSR count). The first-order valence-electron chi connectivity index (χ1n) is 8.08. The number of hydrogen-bond acceptors (Lipinski definition) is 4. The van der Waals surface area contributed by atoms with E-state index in [1.165, 1.54) is 0 Å². The van der Waals surface area contributed by atoms with E-state index in [0.717, 1.165) is 18.4 Å². The third-order valence-corrected chi connectivity index (χ3v) is 5.89. The van der Waals surface area contributed by atoms with Crippen molar-refractivity contribution in [1.82, 2.24) is 0 Å². The molecule has 1 aromatic rings. The number of aliphatic hydroxyl groups is 1. The molecule has 0 saturated carbocycles. The number of sulfone groups is 1. The molecule has 5 heteroatoms. The van der Waals surface area contributed by atoms with Gasteiger partial charge in [0.15, 0.2) is 9.84 Å². The molecular formula is C17H29NO3S. The fourth-order valence-electron chi connectivity index (χ4n) is 2.60.